The van der Waals surface area contributed by atoms with Crippen LogP contribution in [0.4, 0.5) is 5.82 Å². The van der Waals surface area contributed by atoms with Crippen LogP contribution in [0.1, 0.15) is 24.3 Å². The Labute approximate surface area is 105 Å². The van der Waals surface area contributed by atoms with Gasteiger partial charge in [-0.25, -0.2) is 4.79 Å². The maximum absolute atomic E-state index is 11.0. The summed E-state index contributed by atoms with van der Waals surface area (Å²) in [6, 6.07) is 2.86. The number of nitrogens with two attached hydrogens (primary N) is 1. The van der Waals surface area contributed by atoms with E-state index in [-0.39, 0.29) is 12.2 Å². The summed E-state index contributed by atoms with van der Waals surface area (Å²) in [6.07, 6.45) is 0. The van der Waals surface area contributed by atoms with Crippen molar-refractivity contribution in [3.63, 3.8) is 0 Å². The molecule has 0 fully saturated rings. The second-order valence-electron chi connectivity index (χ2n) is 4.32. The third-order valence-electron chi connectivity index (χ3n) is 2.13. The van der Waals surface area contributed by atoms with Crippen LogP contribution >= 0.6 is 0 Å². The first-order chi connectivity index (χ1) is 8.40. The van der Waals surface area contributed by atoms with E-state index in [1.807, 2.05) is 13.8 Å². The molecule has 3 N–H and O–H groups in total. The van der Waals surface area contributed by atoms with Gasteiger partial charge in [-0.1, -0.05) is 13.8 Å². The highest BCUT2D eigenvalue weighted by Crippen LogP contribution is 2.11. The summed E-state index contributed by atoms with van der Waals surface area (Å²) in [5.41, 5.74) is 5.02. The second-order valence-corrected chi connectivity index (χ2v) is 4.32. The Morgan fingerprint density at radius 1 is 1.39 bits per heavy atom. The van der Waals surface area contributed by atoms with Gasteiger partial charge in [-0.05, 0) is 18.1 Å². The highest BCUT2D eigenvalue weighted by atomic mass is 16.4. The van der Waals surface area contributed by atoms with Crippen LogP contribution < -0.4 is 10.6 Å². The summed E-state index contributed by atoms with van der Waals surface area (Å²) in [6.45, 7) is 4.60. The van der Waals surface area contributed by atoms with Crippen LogP contribution in [-0.4, -0.2) is 40.3 Å². The number of carboxylic acids is 1. The highest BCUT2D eigenvalue weighted by molar-refractivity contribution is 5.85. The molecule has 0 radical (unpaired) electrons. The Hall–Kier alpha value is -2.18. The SMILES string of the molecule is CC(C)CN(CC(N)=O)c1ccc(C(=O)O)nn1. The Balaban J connectivity index is 2.90. The normalized spacial score (nSPS) is 10.4. The van der Waals surface area contributed by atoms with Gasteiger partial charge in [0.05, 0.1) is 6.54 Å². The van der Waals surface area contributed by atoms with Gasteiger partial charge >= 0.3 is 5.97 Å². The van der Waals surface area contributed by atoms with Crippen LogP contribution in [0, 0.1) is 5.92 Å². The third kappa shape index (κ3) is 4.00. The molecule has 7 heteroatoms. The second kappa shape index (κ2) is 5.95. The van der Waals surface area contributed by atoms with Crippen LogP contribution in [0.5, 0.6) is 0 Å². The van der Waals surface area contributed by atoms with Crippen LogP contribution in [0.3, 0.4) is 0 Å². The van der Waals surface area contributed by atoms with Gasteiger partial charge in [0.25, 0.3) is 0 Å². The maximum Gasteiger partial charge on any atom is 0.356 e. The minimum absolute atomic E-state index is 0.0271. The Bertz CT molecular complexity index is 430. The number of carboxylic acid groups (broad SMARTS) is 1. The molecule has 98 valence electrons. The Kier molecular flexibility index (Phi) is 4.59. The van der Waals surface area contributed by atoms with Gasteiger partial charge < -0.3 is 15.7 Å². The van der Waals surface area contributed by atoms with E-state index in [0.717, 1.165) is 0 Å². The number of carbonyl (C=O) groups excluding carboxylic acids is 1. The molecule has 1 heterocycles. The number of amides is 1. The topological polar surface area (TPSA) is 109 Å². The van der Waals surface area contributed by atoms with Crippen molar-refractivity contribution >= 4 is 17.7 Å². The van der Waals surface area contributed by atoms with Crippen molar-refractivity contribution in [1.82, 2.24) is 10.2 Å². The van der Waals surface area contributed by atoms with Gasteiger partial charge in [0.15, 0.2) is 11.5 Å². The molecule has 0 atom stereocenters. The number of rotatable bonds is 6. The number of carbonyl (C=O) groups is 2. The van der Waals surface area contributed by atoms with E-state index in [1.54, 1.807) is 4.90 Å². The Morgan fingerprint density at radius 3 is 2.44 bits per heavy atom. The molecule has 0 bridgehead atoms. The van der Waals surface area contributed by atoms with E-state index in [1.165, 1.54) is 12.1 Å². The summed E-state index contributed by atoms with van der Waals surface area (Å²) in [4.78, 5) is 23.3. The standard InChI is InChI=1S/C11H16N4O3/c1-7(2)5-15(6-9(12)16)10-4-3-8(11(17)18)13-14-10/h3-4,7H,5-6H2,1-2H3,(H2,12,16)(H,17,18). The molecule has 0 aromatic carbocycles. The first kappa shape index (κ1) is 13.9. The van der Waals surface area contributed by atoms with E-state index in [9.17, 15) is 9.59 Å². The fourth-order valence-corrected chi connectivity index (χ4v) is 1.48. The largest absolute Gasteiger partial charge is 0.476 e. The minimum Gasteiger partial charge on any atom is -0.476 e. The van der Waals surface area contributed by atoms with Crippen LogP contribution in [0.25, 0.3) is 0 Å². The number of hydrogen-bond donors (Lipinski definition) is 2. The first-order valence-electron chi connectivity index (χ1n) is 5.50. The lowest BCUT2D eigenvalue weighted by molar-refractivity contribution is -0.116. The zero-order valence-corrected chi connectivity index (χ0v) is 10.3. The number of aromatic nitrogens is 2. The molecule has 0 saturated heterocycles. The summed E-state index contributed by atoms with van der Waals surface area (Å²) in [7, 11) is 0. The van der Waals surface area contributed by atoms with Crippen molar-refractivity contribution in [1.29, 1.82) is 0 Å². The molecule has 1 aromatic rings. The van der Waals surface area contributed by atoms with Gasteiger partial charge in [-0.2, -0.15) is 0 Å². The predicted molar refractivity (Wildman–Crippen MR) is 65.2 cm³/mol. The van der Waals surface area contributed by atoms with Gasteiger partial charge in [0.1, 0.15) is 0 Å². The zero-order chi connectivity index (χ0) is 13.7. The van der Waals surface area contributed by atoms with Gasteiger partial charge in [0, 0.05) is 6.54 Å². The fraction of sp³-hybridized carbons (Fsp3) is 0.455. The number of nitrogens with zero attached hydrogens (tertiary/aromatic N) is 3. The zero-order valence-electron chi connectivity index (χ0n) is 10.3. The third-order valence-corrected chi connectivity index (χ3v) is 2.13. The average molecular weight is 252 g/mol. The van der Waals surface area contributed by atoms with Crippen molar-refractivity contribution < 1.29 is 14.7 Å². The molecule has 0 spiro atoms. The van der Waals surface area contributed by atoms with Gasteiger partial charge in [0.2, 0.25) is 5.91 Å². The van der Waals surface area contributed by atoms with E-state index in [4.69, 9.17) is 10.8 Å². The summed E-state index contributed by atoms with van der Waals surface area (Å²) in [5, 5.41) is 16.1. The molecule has 0 aliphatic carbocycles. The van der Waals surface area contributed by atoms with Crippen molar-refractivity contribution in [3.8, 4) is 0 Å². The molecule has 0 saturated carbocycles. The quantitative estimate of drug-likeness (QED) is 0.744. The number of anilines is 1. The molecule has 0 aliphatic rings. The van der Waals surface area contributed by atoms with Crippen LogP contribution in [0.15, 0.2) is 12.1 Å². The molecule has 1 aromatic heterocycles. The Morgan fingerprint density at radius 2 is 2.06 bits per heavy atom. The smallest absolute Gasteiger partial charge is 0.356 e. The van der Waals surface area contributed by atoms with Crippen molar-refractivity contribution in [2.75, 3.05) is 18.0 Å². The molecule has 1 amide bonds. The van der Waals surface area contributed by atoms with Crippen molar-refractivity contribution in [2.24, 2.45) is 11.7 Å². The lowest BCUT2D eigenvalue weighted by atomic mass is 10.2. The monoisotopic (exact) mass is 252 g/mol. The molecular formula is C11H16N4O3. The number of primary amides is 1. The maximum atomic E-state index is 11.0. The van der Waals surface area contributed by atoms with E-state index in [0.29, 0.717) is 18.3 Å². The molecule has 0 aliphatic heterocycles. The fourth-order valence-electron chi connectivity index (χ4n) is 1.48. The van der Waals surface area contributed by atoms with Crippen molar-refractivity contribution in [2.45, 2.75) is 13.8 Å². The molecule has 0 unspecified atom stereocenters. The minimum atomic E-state index is -1.14. The van der Waals surface area contributed by atoms with Crippen molar-refractivity contribution in [3.05, 3.63) is 17.8 Å². The lowest BCUT2D eigenvalue weighted by Crippen LogP contribution is -2.37. The van der Waals surface area contributed by atoms with E-state index in [2.05, 4.69) is 10.2 Å². The van der Waals surface area contributed by atoms with Crippen LogP contribution in [0.2, 0.25) is 0 Å². The average Bonchev–Trinajstić information content (AvgIpc) is 2.27. The number of hydrogen-bond acceptors (Lipinski definition) is 5. The molecular weight excluding hydrogens is 236 g/mol. The summed E-state index contributed by atoms with van der Waals surface area (Å²) >= 11 is 0. The summed E-state index contributed by atoms with van der Waals surface area (Å²) in [5.74, 6) is -0.864. The lowest BCUT2D eigenvalue weighted by Gasteiger charge is -2.23. The first-order valence-corrected chi connectivity index (χ1v) is 5.50. The number of aromatic carboxylic acids is 1. The predicted octanol–water partition coefficient (Wildman–Crippen LogP) is 0.122. The molecule has 18 heavy (non-hydrogen) atoms. The van der Waals surface area contributed by atoms with Crippen LogP contribution in [-0.2, 0) is 4.79 Å². The van der Waals surface area contributed by atoms with Gasteiger partial charge in [-0.15, -0.1) is 10.2 Å². The van der Waals surface area contributed by atoms with E-state index < -0.39 is 11.9 Å². The van der Waals surface area contributed by atoms with Gasteiger partial charge in [-0.3, -0.25) is 4.79 Å². The summed E-state index contributed by atoms with van der Waals surface area (Å²) < 4.78 is 0. The van der Waals surface area contributed by atoms with E-state index >= 15 is 0 Å². The molecule has 1 rings (SSSR count). The highest BCUT2D eigenvalue weighted by Gasteiger charge is 2.14. The molecule has 7 nitrogen and oxygen atoms in total.